The van der Waals surface area contributed by atoms with Gasteiger partial charge in [0, 0.05) is 54.0 Å². The number of terminal acetylenes is 1. The number of rotatable bonds is 8. The van der Waals surface area contributed by atoms with Crippen LogP contribution in [-0.2, 0) is 9.53 Å². The van der Waals surface area contributed by atoms with E-state index in [0.29, 0.717) is 36.5 Å². The van der Waals surface area contributed by atoms with E-state index in [1.165, 1.54) is 31.4 Å². The highest BCUT2D eigenvalue weighted by molar-refractivity contribution is 6.04. The van der Waals surface area contributed by atoms with Gasteiger partial charge in [0.1, 0.15) is 39.6 Å². The number of phenols is 1. The minimum Gasteiger partial charge on any atom is -0.508 e. The van der Waals surface area contributed by atoms with Crippen LogP contribution < -0.4 is 14.4 Å². The zero-order valence-electron chi connectivity index (χ0n) is 33.1. The predicted molar refractivity (Wildman–Crippen MR) is 214 cm³/mol. The van der Waals surface area contributed by atoms with E-state index in [4.69, 9.17) is 30.6 Å². The van der Waals surface area contributed by atoms with Crippen LogP contribution in [0.15, 0.2) is 24.3 Å². The number of nitrogens with zero attached hydrogens (tertiary/aromatic N) is 6. The average Bonchev–Trinajstić information content (AvgIpc) is 4.01. The second-order valence-corrected chi connectivity index (χ2v) is 17.2. The number of benzene rings is 2. The van der Waals surface area contributed by atoms with Gasteiger partial charge in [0.25, 0.3) is 0 Å². The molecule has 2 aliphatic carbocycles. The number of hydrogen-bond acceptors (Lipinski definition) is 11. The molecule has 0 spiro atoms. The van der Waals surface area contributed by atoms with Crippen LogP contribution in [0.25, 0.3) is 32.9 Å². The number of pyridine rings is 1. The van der Waals surface area contributed by atoms with E-state index in [1.807, 2.05) is 4.90 Å². The van der Waals surface area contributed by atoms with Crippen LogP contribution in [0.3, 0.4) is 0 Å². The number of phenolic OH excluding ortho intramolecular Hbond substituents is 1. The van der Waals surface area contributed by atoms with E-state index < -0.39 is 17.2 Å². The normalized spacial score (nSPS) is 25.8. The van der Waals surface area contributed by atoms with E-state index in [0.717, 1.165) is 77.4 Å². The van der Waals surface area contributed by atoms with Gasteiger partial charge in [-0.1, -0.05) is 18.4 Å². The summed E-state index contributed by atoms with van der Waals surface area (Å²) >= 11 is 0. The van der Waals surface area contributed by atoms with Crippen molar-refractivity contribution in [3.05, 3.63) is 41.5 Å². The number of piperidine rings is 2. The minimum absolute atomic E-state index is 0.0184. The third-order valence-corrected chi connectivity index (χ3v) is 13.1. The highest BCUT2D eigenvalue weighted by Crippen LogP contribution is 2.50. The molecule has 14 heteroatoms. The zero-order chi connectivity index (χ0) is 40.3. The van der Waals surface area contributed by atoms with Crippen molar-refractivity contribution >= 4 is 33.4 Å². The van der Waals surface area contributed by atoms with Gasteiger partial charge >= 0.3 is 6.01 Å². The Balaban J connectivity index is 1.11. The van der Waals surface area contributed by atoms with Gasteiger partial charge < -0.3 is 34.2 Å². The Morgan fingerprint density at radius 1 is 1.03 bits per heavy atom. The molecule has 9 rings (SSSR count). The van der Waals surface area contributed by atoms with Crippen molar-refractivity contribution in [2.24, 2.45) is 11.3 Å². The van der Waals surface area contributed by atoms with Crippen LogP contribution in [-0.4, -0.2) is 118 Å². The molecule has 58 heavy (non-hydrogen) atoms. The van der Waals surface area contributed by atoms with E-state index in [9.17, 15) is 15.0 Å². The summed E-state index contributed by atoms with van der Waals surface area (Å²) in [5, 5.41) is 22.7. The van der Waals surface area contributed by atoms with E-state index in [-0.39, 0.29) is 87.7 Å². The van der Waals surface area contributed by atoms with Crippen molar-refractivity contribution in [1.29, 1.82) is 0 Å². The fourth-order valence-electron chi connectivity index (χ4n) is 10.3. The number of halogens is 2. The van der Waals surface area contributed by atoms with Gasteiger partial charge in [-0.05, 0) is 88.4 Å². The minimum atomic E-state index is -1.26. The molecule has 4 aromatic rings. The molecule has 2 N–H and O–H groups in total. The summed E-state index contributed by atoms with van der Waals surface area (Å²) < 4.78 is 50.7. The number of anilines is 1. The molecule has 2 saturated carbocycles. The third kappa shape index (κ3) is 6.94. The molecule has 2 aromatic carbocycles. The number of methoxy groups -OCH3 is 1. The first kappa shape index (κ1) is 38.7. The number of carbonyl (C=O) groups excluding carboxylic acids is 1. The van der Waals surface area contributed by atoms with Gasteiger partial charge in [0.05, 0.1) is 39.0 Å². The van der Waals surface area contributed by atoms with Crippen LogP contribution in [0, 0.1) is 35.3 Å². The van der Waals surface area contributed by atoms with Gasteiger partial charge in [-0.15, -0.1) is 6.42 Å². The first-order chi connectivity index (χ1) is 28.0. The van der Waals surface area contributed by atoms with E-state index in [1.54, 1.807) is 6.92 Å². The number of fused-ring (bicyclic) bond motifs is 3. The highest BCUT2D eigenvalue weighted by Gasteiger charge is 2.50. The average molecular weight is 797 g/mol. The molecule has 0 unspecified atom stereocenters. The number of hydrogen-bond donors (Lipinski definition) is 2. The lowest BCUT2D eigenvalue weighted by atomic mass is 9.74. The number of β-amino-alcohol motifs (C(OH)–C–C–N with tert-alkyl or cyclic N) is 1. The second kappa shape index (κ2) is 15.1. The van der Waals surface area contributed by atoms with Crippen LogP contribution >= 0.6 is 0 Å². The Kier molecular flexibility index (Phi) is 10.1. The number of aliphatic hydroxyl groups is 1. The van der Waals surface area contributed by atoms with Gasteiger partial charge in [0.15, 0.2) is 5.82 Å². The first-order valence-corrected chi connectivity index (χ1v) is 20.6. The summed E-state index contributed by atoms with van der Waals surface area (Å²) in [5.41, 5.74) is -1.86. The predicted octanol–water partition coefficient (Wildman–Crippen LogP) is 5.82. The first-order valence-electron chi connectivity index (χ1n) is 20.6. The Labute approximate surface area is 336 Å². The molecule has 3 atom stereocenters. The molecular formula is C44H50F2N6O6. The Morgan fingerprint density at radius 3 is 2.59 bits per heavy atom. The monoisotopic (exact) mass is 796 g/mol. The van der Waals surface area contributed by atoms with Crippen molar-refractivity contribution in [2.75, 3.05) is 64.6 Å². The quantitative estimate of drug-likeness (QED) is 0.209. The van der Waals surface area contributed by atoms with Crippen molar-refractivity contribution in [3.8, 4) is 41.2 Å². The molecule has 5 aliphatic rings. The Bertz CT molecular complexity index is 2310. The fourth-order valence-corrected chi connectivity index (χ4v) is 10.3. The largest absolute Gasteiger partial charge is 0.508 e. The fraction of sp³-hybridized carbons (Fsp3) is 0.545. The topological polar surface area (TPSA) is 134 Å². The van der Waals surface area contributed by atoms with Crippen LogP contribution in [0.2, 0.25) is 0 Å². The molecule has 5 fully saturated rings. The van der Waals surface area contributed by atoms with Gasteiger partial charge in [-0.3, -0.25) is 9.69 Å². The molecule has 0 bridgehead atoms. The van der Waals surface area contributed by atoms with Crippen molar-refractivity contribution in [3.63, 3.8) is 0 Å². The summed E-state index contributed by atoms with van der Waals surface area (Å²) in [6.07, 6.45) is 14.8. The molecule has 0 radical (unpaired) electrons. The number of aromatic nitrogens is 3. The Hall–Kier alpha value is -4.84. The lowest BCUT2D eigenvalue weighted by Crippen LogP contribution is -2.57. The molecule has 306 valence electrons. The molecule has 12 nitrogen and oxygen atoms in total. The summed E-state index contributed by atoms with van der Waals surface area (Å²) in [6, 6.07) is 6.05. The molecule has 3 saturated heterocycles. The zero-order valence-corrected chi connectivity index (χ0v) is 33.1. The van der Waals surface area contributed by atoms with Crippen LogP contribution in [0.5, 0.6) is 17.6 Å². The van der Waals surface area contributed by atoms with Gasteiger partial charge in [-0.2, -0.15) is 9.97 Å². The summed E-state index contributed by atoms with van der Waals surface area (Å²) in [7, 11) is 1.40. The number of ether oxygens (including phenoxy) is 3. The molecular weight excluding hydrogens is 747 g/mol. The van der Waals surface area contributed by atoms with Gasteiger partial charge in [0.2, 0.25) is 11.8 Å². The number of amides is 1. The third-order valence-electron chi connectivity index (χ3n) is 13.1. The van der Waals surface area contributed by atoms with E-state index in [2.05, 4.69) is 20.7 Å². The summed E-state index contributed by atoms with van der Waals surface area (Å²) in [5.74, 6) is 1.45. The Morgan fingerprint density at radius 2 is 1.83 bits per heavy atom. The maximum absolute atomic E-state index is 17.4. The van der Waals surface area contributed by atoms with Crippen molar-refractivity contribution in [2.45, 2.75) is 82.4 Å². The van der Waals surface area contributed by atoms with Gasteiger partial charge in [-0.25, -0.2) is 13.8 Å². The summed E-state index contributed by atoms with van der Waals surface area (Å²) in [4.78, 5) is 33.6. The smallest absolute Gasteiger partial charge is 0.319 e. The second-order valence-electron chi connectivity index (χ2n) is 17.2. The van der Waals surface area contributed by atoms with E-state index >= 15 is 8.78 Å². The standard InChI is InChI=1S/C44H50F2N6O6/c1-4-30-32(45)11-10-27-21-29(53)22-31(34(27)30)37-36(46)38-35(40(47-37)56-3)39(51-19-20-57-24-43(2,55)23-51)49-42(48-38)58-25-44-14-5-7-33(44)52(16-6-15-44)28-12-17-50(18-13-28)41(54)26-8-9-26/h1,10-11,21-22,26,28,33,53,55H,5-9,12-20,23-25H2,2-3H3/t33-,43+,44-/m1/s1. The number of likely N-dealkylation sites (tertiary alicyclic amines) is 2. The van der Waals surface area contributed by atoms with Crippen LogP contribution in [0.4, 0.5) is 14.6 Å². The highest BCUT2D eigenvalue weighted by atomic mass is 19.1. The number of aromatic hydroxyl groups is 1. The lowest BCUT2D eigenvalue weighted by molar-refractivity contribution is -0.134. The van der Waals surface area contributed by atoms with Crippen LogP contribution in [0.1, 0.15) is 70.3 Å². The maximum Gasteiger partial charge on any atom is 0.319 e. The maximum atomic E-state index is 17.4. The van der Waals surface area contributed by atoms with Crippen molar-refractivity contribution in [1.82, 2.24) is 24.8 Å². The molecule has 2 aromatic heterocycles. The molecule has 5 heterocycles. The molecule has 3 aliphatic heterocycles. The van der Waals surface area contributed by atoms with Crippen molar-refractivity contribution < 1.29 is 38.0 Å². The summed E-state index contributed by atoms with van der Waals surface area (Å²) in [6.45, 7) is 5.42. The molecule has 1 amide bonds. The SMILES string of the molecule is C#Cc1c(F)ccc2cc(O)cc(-c3nc(OC)c4c(N5CCOC[C@@](C)(O)C5)nc(OC[C@]56CCC[C@H]5N(C5CCN(C(=O)C7CC7)CC5)CCC6)nc4c3F)c12. The lowest BCUT2D eigenvalue weighted by Gasteiger charge is -2.50. The number of carbonyl (C=O) groups is 1.